The third-order valence-electron chi connectivity index (χ3n) is 5.19. The van der Waals surface area contributed by atoms with E-state index in [1.165, 1.54) is 0 Å². The highest BCUT2D eigenvalue weighted by molar-refractivity contribution is 5.85. The Bertz CT molecular complexity index is 693. The number of carboxylic acids is 1. The van der Waals surface area contributed by atoms with Crippen molar-refractivity contribution >= 4 is 11.9 Å². The van der Waals surface area contributed by atoms with Gasteiger partial charge < -0.3 is 14.6 Å². The van der Waals surface area contributed by atoms with Crippen LogP contribution in [0.15, 0.2) is 18.2 Å². The lowest BCUT2D eigenvalue weighted by Gasteiger charge is -2.38. The molecule has 5 heteroatoms. The van der Waals surface area contributed by atoms with E-state index in [2.05, 4.69) is 0 Å². The van der Waals surface area contributed by atoms with Gasteiger partial charge in [-0.25, -0.2) is 4.79 Å². The van der Waals surface area contributed by atoms with Crippen molar-refractivity contribution in [1.82, 2.24) is 0 Å². The van der Waals surface area contributed by atoms with E-state index in [-0.39, 0.29) is 24.5 Å². The number of carboxylic acid groups (broad SMARTS) is 1. The van der Waals surface area contributed by atoms with Gasteiger partial charge in [0.1, 0.15) is 0 Å². The summed E-state index contributed by atoms with van der Waals surface area (Å²) in [5.41, 5.74) is 1.27. The molecule has 1 aliphatic rings. The zero-order valence-electron chi connectivity index (χ0n) is 17.3. The number of aryl methyl sites for hydroxylation is 2. The topological polar surface area (TPSA) is 72.8 Å². The summed E-state index contributed by atoms with van der Waals surface area (Å²) in [6.45, 7) is 11.7. The largest absolute Gasteiger partial charge is 0.478 e. The predicted octanol–water partition coefficient (Wildman–Crippen LogP) is 4.53. The third-order valence-corrected chi connectivity index (χ3v) is 5.19. The van der Waals surface area contributed by atoms with E-state index in [9.17, 15) is 14.7 Å². The summed E-state index contributed by atoms with van der Waals surface area (Å²) >= 11 is 0. The highest BCUT2D eigenvalue weighted by atomic mass is 16.6. The second-order valence-corrected chi connectivity index (χ2v) is 8.73. The van der Waals surface area contributed by atoms with Crippen LogP contribution >= 0.6 is 0 Å². The maximum atomic E-state index is 12.8. The second-order valence-electron chi connectivity index (χ2n) is 8.73. The Labute approximate surface area is 162 Å². The Morgan fingerprint density at radius 2 is 1.78 bits per heavy atom. The SMILES string of the molecule is Cc1ccc(C(C)C(=O)OC2(C(=O)O)CCC(OC(C)(C)C)CC2)c(C)c1. The van der Waals surface area contributed by atoms with Gasteiger partial charge in [0, 0.05) is 12.8 Å². The molecule has 1 N–H and O–H groups in total. The summed E-state index contributed by atoms with van der Waals surface area (Å²) in [4.78, 5) is 24.7. The predicted molar refractivity (Wildman–Crippen MR) is 104 cm³/mol. The van der Waals surface area contributed by atoms with E-state index in [4.69, 9.17) is 9.47 Å². The van der Waals surface area contributed by atoms with E-state index in [0.29, 0.717) is 12.8 Å². The number of rotatable bonds is 5. The van der Waals surface area contributed by atoms with E-state index in [0.717, 1.165) is 16.7 Å². The molecule has 1 saturated carbocycles. The average Bonchev–Trinajstić information content (AvgIpc) is 2.54. The van der Waals surface area contributed by atoms with Crippen molar-refractivity contribution < 1.29 is 24.2 Å². The van der Waals surface area contributed by atoms with Gasteiger partial charge >= 0.3 is 11.9 Å². The molecule has 0 bridgehead atoms. The molecule has 0 saturated heterocycles. The van der Waals surface area contributed by atoms with Crippen molar-refractivity contribution in [2.45, 2.75) is 90.4 Å². The molecular weight excluding hydrogens is 344 g/mol. The van der Waals surface area contributed by atoms with Crippen LogP contribution < -0.4 is 0 Å². The van der Waals surface area contributed by atoms with Crippen LogP contribution in [0.5, 0.6) is 0 Å². The van der Waals surface area contributed by atoms with Crippen LogP contribution in [0.4, 0.5) is 0 Å². The summed E-state index contributed by atoms with van der Waals surface area (Å²) in [5.74, 6) is -2.07. The van der Waals surface area contributed by atoms with E-state index >= 15 is 0 Å². The molecule has 0 amide bonds. The lowest BCUT2D eigenvalue weighted by atomic mass is 9.82. The molecule has 0 spiro atoms. The minimum atomic E-state index is -1.46. The number of hydrogen-bond acceptors (Lipinski definition) is 4. The lowest BCUT2D eigenvalue weighted by Crippen LogP contribution is -2.48. The highest BCUT2D eigenvalue weighted by Crippen LogP contribution is 2.36. The Kier molecular flexibility index (Phi) is 6.35. The highest BCUT2D eigenvalue weighted by Gasteiger charge is 2.47. The summed E-state index contributed by atoms with van der Waals surface area (Å²) in [6.07, 6.45) is 1.67. The van der Waals surface area contributed by atoms with E-state index in [1.807, 2.05) is 52.8 Å². The molecule has 0 aliphatic heterocycles. The molecule has 0 aromatic heterocycles. The average molecular weight is 376 g/mol. The fraction of sp³-hybridized carbons (Fsp3) is 0.636. The van der Waals surface area contributed by atoms with Crippen LogP contribution in [0.1, 0.15) is 76.0 Å². The first-order valence-electron chi connectivity index (χ1n) is 9.65. The van der Waals surface area contributed by atoms with Crippen molar-refractivity contribution in [3.8, 4) is 0 Å². The number of carbonyl (C=O) groups excluding carboxylic acids is 1. The minimum Gasteiger partial charge on any atom is -0.478 e. The summed E-state index contributed by atoms with van der Waals surface area (Å²) in [7, 11) is 0. The smallest absolute Gasteiger partial charge is 0.348 e. The van der Waals surface area contributed by atoms with Crippen molar-refractivity contribution in [2.24, 2.45) is 0 Å². The number of benzene rings is 1. The molecule has 2 rings (SSSR count). The van der Waals surface area contributed by atoms with Crippen LogP contribution in [0.3, 0.4) is 0 Å². The van der Waals surface area contributed by atoms with Gasteiger partial charge in [0.15, 0.2) is 0 Å². The van der Waals surface area contributed by atoms with Gasteiger partial charge in [0.25, 0.3) is 0 Å². The molecule has 1 aromatic rings. The first-order valence-corrected chi connectivity index (χ1v) is 9.65. The van der Waals surface area contributed by atoms with Crippen molar-refractivity contribution in [2.75, 3.05) is 0 Å². The first kappa shape index (κ1) is 21.4. The Morgan fingerprint density at radius 1 is 1.19 bits per heavy atom. The summed E-state index contributed by atoms with van der Waals surface area (Å²) in [5, 5.41) is 9.78. The van der Waals surface area contributed by atoms with Crippen LogP contribution in [-0.4, -0.2) is 34.4 Å². The van der Waals surface area contributed by atoms with Gasteiger partial charge in [-0.05, 0) is 65.5 Å². The molecule has 1 aromatic carbocycles. The molecule has 1 atom stereocenters. The zero-order chi connectivity index (χ0) is 20.4. The number of hydrogen-bond donors (Lipinski definition) is 1. The van der Waals surface area contributed by atoms with E-state index in [1.54, 1.807) is 6.92 Å². The van der Waals surface area contributed by atoms with Gasteiger partial charge in [-0.2, -0.15) is 0 Å². The van der Waals surface area contributed by atoms with E-state index < -0.39 is 23.5 Å². The van der Waals surface area contributed by atoms with Crippen LogP contribution in [0.2, 0.25) is 0 Å². The second kappa shape index (κ2) is 8.01. The molecular formula is C22H32O5. The zero-order valence-corrected chi connectivity index (χ0v) is 17.3. The van der Waals surface area contributed by atoms with Gasteiger partial charge in [0.05, 0.1) is 17.6 Å². The van der Waals surface area contributed by atoms with Crippen LogP contribution in [0.25, 0.3) is 0 Å². The summed E-state index contributed by atoms with van der Waals surface area (Å²) in [6, 6.07) is 5.88. The Morgan fingerprint density at radius 3 is 2.26 bits per heavy atom. The Hall–Kier alpha value is -1.88. The van der Waals surface area contributed by atoms with Crippen molar-refractivity contribution in [3.05, 3.63) is 34.9 Å². The number of carbonyl (C=O) groups is 2. The number of aliphatic carboxylic acids is 1. The molecule has 1 aliphatic carbocycles. The van der Waals surface area contributed by atoms with Crippen molar-refractivity contribution in [3.63, 3.8) is 0 Å². The van der Waals surface area contributed by atoms with Crippen LogP contribution in [0, 0.1) is 13.8 Å². The molecule has 5 nitrogen and oxygen atoms in total. The lowest BCUT2D eigenvalue weighted by molar-refractivity contribution is -0.189. The quantitative estimate of drug-likeness (QED) is 0.764. The van der Waals surface area contributed by atoms with Gasteiger partial charge in [0.2, 0.25) is 5.60 Å². The van der Waals surface area contributed by atoms with Gasteiger partial charge in [-0.15, -0.1) is 0 Å². The van der Waals surface area contributed by atoms with Crippen LogP contribution in [-0.2, 0) is 19.1 Å². The monoisotopic (exact) mass is 376 g/mol. The molecule has 0 radical (unpaired) electrons. The fourth-order valence-corrected chi connectivity index (χ4v) is 3.75. The Balaban J connectivity index is 2.10. The maximum absolute atomic E-state index is 12.8. The summed E-state index contributed by atoms with van der Waals surface area (Å²) < 4.78 is 11.6. The molecule has 150 valence electrons. The standard InChI is InChI=1S/C22H32O5/c1-14-7-8-18(15(2)13-14)16(3)19(23)27-22(20(24)25)11-9-17(10-12-22)26-21(4,5)6/h7-8,13,16-17H,9-12H2,1-6H3,(H,24,25). The van der Waals surface area contributed by atoms with Gasteiger partial charge in [-0.3, -0.25) is 4.79 Å². The number of esters is 1. The fourth-order valence-electron chi connectivity index (χ4n) is 3.75. The minimum absolute atomic E-state index is 0.00653. The first-order chi connectivity index (χ1) is 12.4. The maximum Gasteiger partial charge on any atom is 0.348 e. The molecule has 1 fully saturated rings. The van der Waals surface area contributed by atoms with Gasteiger partial charge in [-0.1, -0.05) is 23.8 Å². The third kappa shape index (κ3) is 5.32. The van der Waals surface area contributed by atoms with Crippen molar-refractivity contribution in [1.29, 1.82) is 0 Å². The number of ether oxygens (including phenoxy) is 2. The molecule has 1 unspecified atom stereocenters. The molecule has 27 heavy (non-hydrogen) atoms. The normalized spacial score (nSPS) is 24.3. The molecule has 0 heterocycles.